The van der Waals surface area contributed by atoms with E-state index in [1.165, 1.54) is 6.42 Å². The Morgan fingerprint density at radius 1 is 1.41 bits per heavy atom. The van der Waals surface area contributed by atoms with Crippen molar-refractivity contribution in [1.82, 2.24) is 15.5 Å². The van der Waals surface area contributed by atoms with Crippen LogP contribution in [0.4, 0.5) is 0 Å². The summed E-state index contributed by atoms with van der Waals surface area (Å²) < 4.78 is 0. The molecule has 1 aliphatic carbocycles. The van der Waals surface area contributed by atoms with E-state index in [1.54, 1.807) is 7.05 Å². The number of carbonyl (C=O) groups excluding carboxylic acids is 1. The topological polar surface area (TPSA) is 56.7 Å². The first-order valence-corrected chi connectivity index (χ1v) is 6.45. The molecule has 2 atom stereocenters. The third kappa shape index (κ3) is 3.35. The lowest BCUT2D eigenvalue weighted by atomic mass is 10.4. The van der Waals surface area contributed by atoms with Crippen molar-refractivity contribution in [2.45, 2.75) is 32.2 Å². The van der Waals surface area contributed by atoms with Gasteiger partial charge < -0.3 is 15.5 Å². The SMILES string of the molecule is CN=C(NCC(=O)N1CCCC1)NC1CC1C. The molecule has 0 aromatic heterocycles. The zero-order chi connectivity index (χ0) is 12.3. The fourth-order valence-corrected chi connectivity index (χ4v) is 2.13. The van der Waals surface area contributed by atoms with Gasteiger partial charge in [-0.25, -0.2) is 0 Å². The van der Waals surface area contributed by atoms with Gasteiger partial charge in [0.2, 0.25) is 5.91 Å². The zero-order valence-corrected chi connectivity index (χ0v) is 10.7. The lowest BCUT2D eigenvalue weighted by molar-refractivity contribution is -0.128. The quantitative estimate of drug-likeness (QED) is 0.545. The highest BCUT2D eigenvalue weighted by molar-refractivity contribution is 5.86. The van der Waals surface area contributed by atoms with Crippen molar-refractivity contribution in [1.29, 1.82) is 0 Å². The molecule has 0 spiro atoms. The Kier molecular flexibility index (Phi) is 3.86. The average molecular weight is 238 g/mol. The van der Waals surface area contributed by atoms with E-state index in [0.29, 0.717) is 12.6 Å². The van der Waals surface area contributed by atoms with Crippen LogP contribution in [-0.4, -0.2) is 49.5 Å². The van der Waals surface area contributed by atoms with Crippen LogP contribution in [0.2, 0.25) is 0 Å². The van der Waals surface area contributed by atoms with Gasteiger partial charge in [-0.05, 0) is 25.2 Å². The molecule has 5 nitrogen and oxygen atoms in total. The summed E-state index contributed by atoms with van der Waals surface area (Å²) in [4.78, 5) is 17.9. The monoisotopic (exact) mass is 238 g/mol. The first kappa shape index (κ1) is 12.2. The number of aliphatic imine (C=N–C) groups is 1. The Balaban J connectivity index is 1.70. The number of guanidine groups is 1. The molecule has 1 amide bonds. The molecule has 2 unspecified atom stereocenters. The number of rotatable bonds is 3. The molecule has 0 aromatic rings. The first-order valence-electron chi connectivity index (χ1n) is 6.45. The minimum atomic E-state index is 0.175. The summed E-state index contributed by atoms with van der Waals surface area (Å²) in [6, 6.07) is 0.531. The van der Waals surface area contributed by atoms with Crippen LogP contribution in [0.25, 0.3) is 0 Å². The highest BCUT2D eigenvalue weighted by atomic mass is 16.2. The number of nitrogens with one attached hydrogen (secondary N) is 2. The van der Waals surface area contributed by atoms with Crippen molar-refractivity contribution in [3.63, 3.8) is 0 Å². The molecule has 17 heavy (non-hydrogen) atoms. The fourth-order valence-electron chi connectivity index (χ4n) is 2.13. The van der Waals surface area contributed by atoms with Crippen molar-refractivity contribution in [2.75, 3.05) is 26.7 Å². The molecule has 2 fully saturated rings. The second-order valence-electron chi connectivity index (χ2n) is 4.98. The number of nitrogens with zero attached hydrogens (tertiary/aromatic N) is 2. The Hall–Kier alpha value is -1.26. The molecule has 1 saturated heterocycles. The molecule has 2 rings (SSSR count). The highest BCUT2D eigenvalue weighted by Crippen LogP contribution is 2.28. The van der Waals surface area contributed by atoms with Crippen LogP contribution in [0.1, 0.15) is 26.2 Å². The van der Waals surface area contributed by atoms with Gasteiger partial charge >= 0.3 is 0 Å². The van der Waals surface area contributed by atoms with E-state index in [-0.39, 0.29) is 5.91 Å². The maximum atomic E-state index is 11.8. The van der Waals surface area contributed by atoms with Gasteiger partial charge in [0.25, 0.3) is 0 Å². The van der Waals surface area contributed by atoms with E-state index < -0.39 is 0 Å². The smallest absolute Gasteiger partial charge is 0.241 e. The Morgan fingerprint density at radius 2 is 2.06 bits per heavy atom. The fraction of sp³-hybridized carbons (Fsp3) is 0.833. The Morgan fingerprint density at radius 3 is 2.59 bits per heavy atom. The van der Waals surface area contributed by atoms with Crippen molar-refractivity contribution in [2.24, 2.45) is 10.9 Å². The standard InChI is InChI=1S/C12H22N4O/c1-9-7-10(9)15-12(13-2)14-8-11(17)16-5-3-4-6-16/h9-10H,3-8H2,1-2H3,(H2,13,14,15). The molecule has 0 bridgehead atoms. The van der Waals surface area contributed by atoms with Gasteiger partial charge in [-0.1, -0.05) is 6.92 Å². The van der Waals surface area contributed by atoms with Crippen LogP contribution in [0.5, 0.6) is 0 Å². The molecule has 0 aromatic carbocycles. The molecule has 2 N–H and O–H groups in total. The summed E-state index contributed by atoms with van der Waals surface area (Å²) in [5.41, 5.74) is 0. The summed E-state index contributed by atoms with van der Waals surface area (Å²) >= 11 is 0. The predicted octanol–water partition coefficient (Wildman–Crippen LogP) is 0.182. The Labute approximate surface area is 103 Å². The van der Waals surface area contributed by atoms with Crippen LogP contribution in [0, 0.1) is 5.92 Å². The Bertz CT molecular complexity index is 310. The summed E-state index contributed by atoms with van der Waals surface area (Å²) in [7, 11) is 1.74. The van der Waals surface area contributed by atoms with E-state index in [4.69, 9.17) is 0 Å². The molecular formula is C12H22N4O. The number of hydrogen-bond acceptors (Lipinski definition) is 2. The molecule has 5 heteroatoms. The third-order valence-corrected chi connectivity index (χ3v) is 3.52. The number of amides is 1. The summed E-state index contributed by atoms with van der Waals surface area (Å²) in [6.07, 6.45) is 3.47. The summed E-state index contributed by atoms with van der Waals surface area (Å²) in [6.45, 7) is 4.37. The van der Waals surface area contributed by atoms with Crippen molar-refractivity contribution in [3.8, 4) is 0 Å². The van der Waals surface area contributed by atoms with Crippen LogP contribution in [-0.2, 0) is 4.79 Å². The van der Waals surface area contributed by atoms with Crippen molar-refractivity contribution in [3.05, 3.63) is 0 Å². The summed E-state index contributed by atoms with van der Waals surface area (Å²) in [5.74, 6) is 1.64. The van der Waals surface area contributed by atoms with E-state index in [9.17, 15) is 4.79 Å². The van der Waals surface area contributed by atoms with E-state index in [0.717, 1.165) is 37.8 Å². The predicted molar refractivity (Wildman–Crippen MR) is 67.9 cm³/mol. The minimum absolute atomic E-state index is 0.175. The molecule has 0 radical (unpaired) electrons. The average Bonchev–Trinajstić information content (AvgIpc) is 2.85. The number of hydrogen-bond donors (Lipinski definition) is 2. The van der Waals surface area contributed by atoms with Crippen molar-refractivity contribution >= 4 is 11.9 Å². The van der Waals surface area contributed by atoms with Gasteiger partial charge in [-0.15, -0.1) is 0 Å². The van der Waals surface area contributed by atoms with Crippen LogP contribution in [0.3, 0.4) is 0 Å². The van der Waals surface area contributed by atoms with Gasteiger partial charge in [0, 0.05) is 26.2 Å². The molecule has 1 saturated carbocycles. The van der Waals surface area contributed by atoms with E-state index in [1.807, 2.05) is 4.90 Å². The molecular weight excluding hydrogens is 216 g/mol. The number of likely N-dealkylation sites (tertiary alicyclic amines) is 1. The van der Waals surface area contributed by atoms with Crippen LogP contribution in [0.15, 0.2) is 4.99 Å². The van der Waals surface area contributed by atoms with Gasteiger partial charge in [0.15, 0.2) is 5.96 Å². The van der Waals surface area contributed by atoms with Gasteiger partial charge in [-0.3, -0.25) is 9.79 Å². The van der Waals surface area contributed by atoms with Gasteiger partial charge in [0.1, 0.15) is 0 Å². The normalized spacial score (nSPS) is 28.1. The maximum Gasteiger partial charge on any atom is 0.241 e. The van der Waals surface area contributed by atoms with Crippen LogP contribution < -0.4 is 10.6 Å². The highest BCUT2D eigenvalue weighted by Gasteiger charge is 2.33. The third-order valence-electron chi connectivity index (χ3n) is 3.52. The van der Waals surface area contributed by atoms with Gasteiger partial charge in [0.05, 0.1) is 6.54 Å². The lowest BCUT2D eigenvalue weighted by Gasteiger charge is -2.17. The van der Waals surface area contributed by atoms with Crippen LogP contribution >= 0.6 is 0 Å². The van der Waals surface area contributed by atoms with Crippen molar-refractivity contribution < 1.29 is 4.79 Å². The first-order chi connectivity index (χ1) is 8.20. The van der Waals surface area contributed by atoms with E-state index in [2.05, 4.69) is 22.5 Å². The number of carbonyl (C=O) groups is 1. The molecule has 1 heterocycles. The minimum Gasteiger partial charge on any atom is -0.353 e. The van der Waals surface area contributed by atoms with Gasteiger partial charge in [-0.2, -0.15) is 0 Å². The zero-order valence-electron chi connectivity index (χ0n) is 10.7. The lowest BCUT2D eigenvalue weighted by Crippen LogP contribution is -2.44. The molecule has 1 aliphatic heterocycles. The summed E-state index contributed by atoms with van der Waals surface area (Å²) in [5, 5.41) is 6.39. The maximum absolute atomic E-state index is 11.8. The molecule has 2 aliphatic rings. The largest absolute Gasteiger partial charge is 0.353 e. The second-order valence-corrected chi connectivity index (χ2v) is 4.98. The molecule has 96 valence electrons. The second kappa shape index (κ2) is 5.38. The van der Waals surface area contributed by atoms with E-state index >= 15 is 0 Å².